The number of carbonyl (C=O) groups excluding carboxylic acids is 13. The van der Waals surface area contributed by atoms with Crippen LogP contribution in [0.2, 0.25) is 0 Å². The summed E-state index contributed by atoms with van der Waals surface area (Å²) in [4.78, 5) is 168. The fraction of sp³-hybridized carbons (Fsp3) is 0.743. The summed E-state index contributed by atoms with van der Waals surface area (Å²) in [5.41, 5.74) is -0.280. The Balaban J connectivity index is 1.30. The normalized spacial score (nSPS) is 19.8. The van der Waals surface area contributed by atoms with E-state index in [1.54, 1.807) is 0 Å². The highest BCUT2D eigenvalue weighted by atomic mass is 16.5. The van der Waals surface area contributed by atoms with Gasteiger partial charge in [-0.05, 0) is 37.7 Å². The number of carbonyl (C=O) groups is 13. The van der Waals surface area contributed by atoms with Gasteiger partial charge in [-0.1, -0.05) is 75.3 Å². The summed E-state index contributed by atoms with van der Waals surface area (Å²) in [5, 5.41) is 88.5. The number of likely N-dealkylation sites (tertiary alicyclic amines) is 3. The molecule has 3 aliphatic rings. The maximum Gasteiger partial charge on any atom is 0.223 e. The van der Waals surface area contributed by atoms with Gasteiger partial charge in [-0.25, -0.2) is 0 Å². The van der Waals surface area contributed by atoms with Crippen molar-refractivity contribution in [3.63, 3.8) is 0 Å². The van der Waals surface area contributed by atoms with Crippen molar-refractivity contribution in [3.05, 3.63) is 35.9 Å². The van der Waals surface area contributed by atoms with Crippen molar-refractivity contribution in [1.29, 1.82) is 0 Å². The molecule has 1 aromatic carbocycles. The molecule has 4 rings (SSSR count). The molecule has 110 heavy (non-hydrogen) atoms. The monoisotopic (exact) mass is 1560 g/mol. The Morgan fingerprint density at radius 2 is 0.645 bits per heavy atom. The van der Waals surface area contributed by atoms with E-state index in [0.717, 1.165) is 56.9 Å². The Kier molecular flexibility index (Phi) is 46.1. The molecule has 1 aromatic rings. The Bertz CT molecular complexity index is 2770. The minimum atomic E-state index is -1.42. The minimum absolute atomic E-state index is 0.0371. The lowest BCUT2D eigenvalue weighted by Crippen LogP contribution is -2.62. The summed E-state index contributed by atoms with van der Waals surface area (Å²) in [7, 11) is 0. The summed E-state index contributed by atoms with van der Waals surface area (Å²) in [6.07, 6.45) is 0.634. The van der Waals surface area contributed by atoms with Gasteiger partial charge in [-0.15, -0.1) is 0 Å². The highest BCUT2D eigenvalue weighted by Gasteiger charge is 2.40. The number of piperidine rings is 3. The number of β-amino-alcohol motifs (C(OH)–C–C–N with tert-alkyl or cyclic N) is 3. The molecule has 622 valence electrons. The van der Waals surface area contributed by atoms with Gasteiger partial charge in [0.2, 0.25) is 76.8 Å². The van der Waals surface area contributed by atoms with Crippen LogP contribution in [-0.2, 0) is 87.9 Å². The van der Waals surface area contributed by atoms with Crippen LogP contribution in [0.3, 0.4) is 0 Å². The molecule has 3 saturated heterocycles. The topological polar surface area (TPSA) is 510 Å². The van der Waals surface area contributed by atoms with E-state index in [4.69, 9.17) is 18.9 Å². The van der Waals surface area contributed by atoms with E-state index >= 15 is 0 Å². The molecule has 0 saturated carbocycles. The SMILES string of the molecule is CC(=O)N[C@H]1CN(C(=O)CCC(=O)NCCCNC(=O)CCOCC(COCCC(=O)NCCCNC(=O)CCC(=O)N2C[C@H](NC(C)=O)[C@@H](O)[C@@H](O)C2)(COCCC(=O)NCCCNC(=O)CCC(=O)N2C[C@H](NC(C)=O)[C@@H](O)[C@@H](O)C2)NC(=O)CCCCCCCCCCCOCc2ccccc2)C[C@H](O)[C@@H]1O. The Morgan fingerprint density at radius 3 is 0.964 bits per heavy atom. The predicted molar refractivity (Wildman–Crippen MR) is 398 cm³/mol. The molecule has 0 aromatic heterocycles. The second-order valence-electron chi connectivity index (χ2n) is 28.4. The Morgan fingerprint density at radius 1 is 0.345 bits per heavy atom. The maximum atomic E-state index is 14.0. The predicted octanol–water partition coefficient (Wildman–Crippen LogP) is -3.41. The van der Waals surface area contributed by atoms with Gasteiger partial charge < -0.3 is 117 Å². The molecule has 0 unspecified atom stereocenters. The van der Waals surface area contributed by atoms with Crippen molar-refractivity contribution < 1.29 is 112 Å². The number of unbranched alkanes of at least 4 members (excludes halogenated alkanes) is 8. The molecule has 36 heteroatoms. The summed E-state index contributed by atoms with van der Waals surface area (Å²) >= 11 is 0. The molecule has 3 heterocycles. The van der Waals surface area contributed by atoms with E-state index in [-0.39, 0.29) is 188 Å². The van der Waals surface area contributed by atoms with Crippen molar-refractivity contribution in [2.45, 2.75) is 229 Å². The summed E-state index contributed by atoms with van der Waals surface area (Å²) in [5.74, 6) is -5.47. The van der Waals surface area contributed by atoms with E-state index in [2.05, 4.69) is 53.2 Å². The van der Waals surface area contributed by atoms with Gasteiger partial charge in [0, 0.05) is 170 Å². The van der Waals surface area contributed by atoms with Crippen LogP contribution < -0.4 is 53.2 Å². The van der Waals surface area contributed by atoms with Crippen LogP contribution in [0.5, 0.6) is 0 Å². The summed E-state index contributed by atoms with van der Waals surface area (Å²) in [6, 6.07) is 7.41. The van der Waals surface area contributed by atoms with Crippen LogP contribution in [0.4, 0.5) is 0 Å². The fourth-order valence-corrected chi connectivity index (χ4v) is 12.5. The number of amides is 13. The van der Waals surface area contributed by atoms with Crippen molar-refractivity contribution >= 4 is 76.8 Å². The van der Waals surface area contributed by atoms with Gasteiger partial charge in [-0.2, -0.15) is 0 Å². The van der Waals surface area contributed by atoms with Gasteiger partial charge in [0.25, 0.3) is 0 Å². The second-order valence-corrected chi connectivity index (χ2v) is 28.4. The number of aliphatic hydroxyl groups excluding tert-OH is 6. The molecule has 0 aliphatic carbocycles. The minimum Gasteiger partial charge on any atom is -0.388 e. The van der Waals surface area contributed by atoms with Crippen molar-refractivity contribution in [2.24, 2.45) is 0 Å². The molecule has 3 fully saturated rings. The van der Waals surface area contributed by atoms with Gasteiger partial charge in [0.05, 0.1) is 82.7 Å². The highest BCUT2D eigenvalue weighted by molar-refractivity contribution is 5.86. The van der Waals surface area contributed by atoms with Crippen LogP contribution in [-0.4, -0.2) is 307 Å². The Hall–Kier alpha value is -8.07. The first-order chi connectivity index (χ1) is 52.6. The molecule has 36 nitrogen and oxygen atoms in total. The first-order valence-electron chi connectivity index (χ1n) is 38.6. The molecule has 3 aliphatic heterocycles. The van der Waals surface area contributed by atoms with Crippen molar-refractivity contribution in [3.8, 4) is 0 Å². The summed E-state index contributed by atoms with van der Waals surface area (Å²) in [6.45, 7) is 4.30. The fourth-order valence-electron chi connectivity index (χ4n) is 12.5. The van der Waals surface area contributed by atoms with Gasteiger partial charge in [0.1, 0.15) is 23.9 Å². The lowest BCUT2D eigenvalue weighted by atomic mass is 9.99. The first kappa shape index (κ1) is 94.3. The van der Waals surface area contributed by atoms with E-state index < -0.39 is 131 Å². The third-order valence-corrected chi connectivity index (χ3v) is 18.6. The number of ether oxygens (including phenoxy) is 4. The van der Waals surface area contributed by atoms with Gasteiger partial charge in [-0.3, -0.25) is 62.3 Å². The van der Waals surface area contributed by atoms with Crippen LogP contribution in [0.1, 0.15) is 168 Å². The lowest BCUT2D eigenvalue weighted by Gasteiger charge is -2.39. The molecule has 13 amide bonds. The third kappa shape index (κ3) is 40.2. The largest absolute Gasteiger partial charge is 0.388 e. The zero-order valence-corrected chi connectivity index (χ0v) is 64.2. The van der Waals surface area contributed by atoms with Crippen molar-refractivity contribution in [2.75, 3.05) is 125 Å². The molecule has 0 spiro atoms. The summed E-state index contributed by atoms with van der Waals surface area (Å²) < 4.78 is 24.1. The average Bonchev–Trinajstić information content (AvgIpc) is 0.832. The Labute approximate surface area is 643 Å². The number of nitrogens with zero attached hydrogens (tertiary/aromatic N) is 3. The van der Waals surface area contributed by atoms with Crippen LogP contribution in [0.15, 0.2) is 30.3 Å². The standard InChI is InChI=1S/C74H123N13O23/c1-51(88)81-55-41-85(44-58(91)71(55)104)68(101)25-22-61(94)75-31-16-34-78-64(97)28-38-108-48-74(84-67(100)21-14-9-7-5-4-6-8-10-15-37-107-47-54-19-12-11-13-20-54,49-109-39-29-65(98)79-35-17-32-76-62(95)23-26-69(102)86-42-56(82-52(2)89)72(105)59(92)45-86)50-110-40-30-66(99)80-36-18-33-77-63(96)24-27-70(103)87-43-57(83-53(3)90)73(106)60(93)46-87/h11-13,19-20,55-60,71-73,91-93,104-106H,4-10,14-18,21-50H2,1-3H3,(H,75,94)(H,76,95)(H,77,96)(H,78,97)(H,79,98)(H,80,99)(H,81,88)(H,82,89)(H,83,90)(H,84,100)/t55-,56-,57-,58-,59-,60-,71+,72+,73+/m0/s1. The maximum absolute atomic E-state index is 14.0. The molecular weight excluding hydrogens is 1440 g/mol. The van der Waals surface area contributed by atoms with E-state index in [1.807, 2.05) is 30.3 Å². The zero-order valence-electron chi connectivity index (χ0n) is 64.2. The van der Waals surface area contributed by atoms with Crippen LogP contribution in [0.25, 0.3) is 0 Å². The molecule has 0 bridgehead atoms. The van der Waals surface area contributed by atoms with E-state index in [9.17, 15) is 93.0 Å². The van der Waals surface area contributed by atoms with E-state index in [1.165, 1.54) is 35.5 Å². The zero-order chi connectivity index (χ0) is 80.6. The quantitative estimate of drug-likeness (QED) is 0.0283. The number of hydrogen-bond acceptors (Lipinski definition) is 23. The highest BCUT2D eigenvalue weighted by Crippen LogP contribution is 2.19. The number of benzene rings is 1. The van der Waals surface area contributed by atoms with E-state index in [0.29, 0.717) is 38.9 Å². The molecule has 0 radical (unpaired) electrons. The van der Waals surface area contributed by atoms with Gasteiger partial charge >= 0.3 is 0 Å². The van der Waals surface area contributed by atoms with Crippen LogP contribution >= 0.6 is 0 Å². The number of aliphatic hydroxyl groups is 6. The number of nitrogens with one attached hydrogen (secondary N) is 10. The molecule has 16 N–H and O–H groups in total. The van der Waals surface area contributed by atoms with Crippen molar-refractivity contribution in [1.82, 2.24) is 67.9 Å². The number of rotatable bonds is 54. The van der Waals surface area contributed by atoms with Gasteiger partial charge in [0.15, 0.2) is 0 Å². The molecular formula is C74H123N13O23. The van der Waals surface area contributed by atoms with Crippen LogP contribution in [0, 0.1) is 0 Å². The molecule has 9 atom stereocenters. The lowest BCUT2D eigenvalue weighted by molar-refractivity contribution is -0.142. The second kappa shape index (κ2) is 53.8. The third-order valence-electron chi connectivity index (χ3n) is 18.6. The first-order valence-corrected chi connectivity index (χ1v) is 38.6. The average molecular weight is 1560 g/mol. The number of hydrogen-bond donors (Lipinski definition) is 16. The smallest absolute Gasteiger partial charge is 0.223 e.